The van der Waals surface area contributed by atoms with Crippen molar-refractivity contribution in [2.75, 3.05) is 43.4 Å². The van der Waals surface area contributed by atoms with Crippen molar-refractivity contribution in [2.45, 2.75) is 46.6 Å². The lowest BCUT2D eigenvalue weighted by Crippen LogP contribution is -2.29. The Morgan fingerprint density at radius 3 is 2.19 bits per heavy atom. The van der Waals surface area contributed by atoms with E-state index in [4.69, 9.17) is 106 Å². The molecule has 0 radical (unpaired) electrons. The Labute approximate surface area is 442 Å². The molecular formula is C45H89Cl2F2N13O2. The number of aromatic amines is 1. The molecule has 7 aromatic rings. The largest absolute Gasteiger partial charge is 0.505 e. The number of H-pyrrole nitrogens is 1. The molecule has 6 N–H and O–H groups in total. The second-order valence-electron chi connectivity index (χ2n) is 16.7. The van der Waals surface area contributed by atoms with Crippen LogP contribution in [0.15, 0.2) is 49.1 Å². The van der Waals surface area contributed by atoms with Gasteiger partial charge in [-0.2, -0.15) is 9.97 Å². The molecule has 374 valence electrons. The summed E-state index contributed by atoms with van der Waals surface area (Å²) in [4.78, 5) is 38.7. The Bertz CT molecular complexity index is 2930. The average molecular weight is 995 g/mol. The number of nitrogens with one attached hydrogen (secondary N) is 3. The molecule has 2 saturated carbocycles. The first-order valence-corrected chi connectivity index (χ1v) is 21.9. The summed E-state index contributed by atoms with van der Waals surface area (Å²) in [5.74, 6) is 6.20. The number of piperidine rings is 2. The van der Waals surface area contributed by atoms with Gasteiger partial charge in [-0.15, -0.1) is 0 Å². The van der Waals surface area contributed by atoms with Crippen LogP contribution in [0.3, 0.4) is 0 Å². The molecule has 3 aliphatic carbocycles. The molecule has 5 aliphatic rings. The zero-order chi connectivity index (χ0) is 87.0. The zero-order valence-corrected chi connectivity index (χ0v) is 37.3. The van der Waals surface area contributed by atoms with Gasteiger partial charge in [-0.05, 0) is 116 Å². The van der Waals surface area contributed by atoms with Crippen LogP contribution in [0.5, 0.6) is 17.5 Å². The van der Waals surface area contributed by atoms with Gasteiger partial charge in [-0.25, -0.2) is 38.7 Å². The average Bonchev–Trinajstić information content (AvgIpc) is 1.57. The number of nitrogens with zero attached hydrogens (tertiary/aromatic N) is 9. The van der Waals surface area contributed by atoms with Gasteiger partial charge in [0.2, 0.25) is 5.28 Å². The van der Waals surface area contributed by atoms with E-state index in [-0.39, 0.29) is 39.9 Å². The van der Waals surface area contributed by atoms with Crippen molar-refractivity contribution in [1.29, 1.82) is 0 Å². The minimum Gasteiger partial charge on any atom is -0.505 e. The van der Waals surface area contributed by atoms with E-state index in [0.717, 1.165) is 81.0 Å². The topological polar surface area (TPSA) is 202 Å². The van der Waals surface area contributed by atoms with Crippen molar-refractivity contribution in [3.63, 3.8) is 0 Å². The fourth-order valence-corrected chi connectivity index (χ4v) is 9.65. The molecule has 2 aliphatic heterocycles. The number of nitrogens with two attached hydrogens (primary N) is 1. The van der Waals surface area contributed by atoms with E-state index in [1.165, 1.54) is 37.6 Å². The molecule has 19 heteroatoms. The number of benzene rings is 2. The summed E-state index contributed by atoms with van der Waals surface area (Å²) in [6.07, 6.45) is 7.19. The number of anilines is 2. The summed E-state index contributed by atoms with van der Waals surface area (Å²) in [7, 11) is 1.75. The first kappa shape index (κ1) is 25.0. The molecule has 0 amide bonds. The van der Waals surface area contributed by atoms with Crippen molar-refractivity contribution in [1.82, 2.24) is 50.2 Å². The molecule has 0 bridgehead atoms. The van der Waals surface area contributed by atoms with Gasteiger partial charge in [0, 0.05) is 112 Å². The molecule has 7 heterocycles. The monoisotopic (exact) mass is 994 g/mol. The minimum atomic E-state index is -0.322. The molecule has 5 aromatic heterocycles. The highest BCUT2D eigenvalue weighted by molar-refractivity contribution is 6.34. The van der Waals surface area contributed by atoms with Crippen molar-refractivity contribution in [2.24, 2.45) is 35.3 Å². The molecule has 2 saturated heterocycles. The highest BCUT2D eigenvalue weighted by atomic mass is 35.5. The number of aryl methyl sites for hydroxylation is 3. The van der Waals surface area contributed by atoms with Crippen molar-refractivity contribution < 1.29 is 81.0 Å². The van der Waals surface area contributed by atoms with E-state index < -0.39 is 0 Å². The van der Waals surface area contributed by atoms with Crippen LogP contribution in [0.25, 0.3) is 33.1 Å². The van der Waals surface area contributed by atoms with Crippen molar-refractivity contribution in [3.8, 4) is 28.6 Å². The smallest absolute Gasteiger partial charge is 0.326 e. The number of ether oxygens (including phenoxy) is 1. The van der Waals surface area contributed by atoms with Gasteiger partial charge in [-0.3, -0.25) is 0 Å². The summed E-state index contributed by atoms with van der Waals surface area (Å²) in [5, 5.41) is 16.9. The van der Waals surface area contributed by atoms with Crippen LogP contribution < -0.4 is 26.0 Å². The van der Waals surface area contributed by atoms with Gasteiger partial charge in [0.05, 0.1) is 41.4 Å². The summed E-state index contributed by atoms with van der Waals surface area (Å²) in [6.45, 7) is 12.2. The fourth-order valence-electron chi connectivity index (χ4n) is 9.13. The van der Waals surface area contributed by atoms with Crippen LogP contribution in [0, 0.1) is 55.1 Å². The number of aromatic nitrogens is 9. The minimum absolute atomic E-state index is 0.107. The third-order valence-electron chi connectivity index (χ3n) is 12.8. The molecule has 15 nitrogen and oxygen atoms in total. The molecule has 2 aromatic carbocycles. The number of aromatic hydroxyl groups is 1. The van der Waals surface area contributed by atoms with Gasteiger partial charge in [0.1, 0.15) is 39.9 Å². The van der Waals surface area contributed by atoms with E-state index in [2.05, 4.69) is 62.3 Å². The standard InChI is InChI=1S/C22H22FN7O.C12H8Cl2FN3.C6H11N.C5H6N2O.21H2/c1-3-11-4-12(23)5-14-17-20(27-19(11)14)28-22(31-13-6-25-10(2)26-7-13)29-21(17)30-8-15-16(9-30)18(15)24;1-16-8-3-5(15)2-7-6(8)4-9-10(7)11(13)18-12(14)17-9;1-4-5-2-7-3-6(4)5;1-4-6-2-5(8)3-7-4;;;;;;;;;;;;;;;;;;;;;/h4-7,15-16,18H,3,8-9,24H2,1-2H3,(H,27,28,29);2-3,16H,4H2,1H3;4-7H,2-3H2,1H3;2-3,8H,1H3;21*1H/t15-,16+,18?;;4?,5-,6+;;;;;;;;;;;;;;;;;;;;;;/i;;;;21*1+1D. The van der Waals surface area contributed by atoms with Crippen molar-refractivity contribution in [3.05, 3.63) is 99.6 Å². The van der Waals surface area contributed by atoms with Gasteiger partial charge in [-0.1, -0.05) is 25.4 Å². The van der Waals surface area contributed by atoms with E-state index in [1.54, 1.807) is 38.5 Å². The quantitative estimate of drug-likeness (QED) is 0.0805. The van der Waals surface area contributed by atoms with Gasteiger partial charge < -0.3 is 36.1 Å². The first-order chi connectivity index (χ1) is 51.8. The molecule has 6 atom stereocenters. The maximum atomic E-state index is 14.4. The predicted molar refractivity (Wildman–Crippen MR) is 286 cm³/mol. The maximum Gasteiger partial charge on any atom is 0.326 e. The fraction of sp³-hybridized carbons (Fsp3) is 0.378. The van der Waals surface area contributed by atoms with Crippen LogP contribution >= 0.6 is 23.2 Å². The Morgan fingerprint density at radius 2 is 1.58 bits per heavy atom. The summed E-state index contributed by atoms with van der Waals surface area (Å²) in [5.41, 5.74) is 12.4. The Hall–Kier alpha value is -5.88. The third kappa shape index (κ3) is 8.68. The van der Waals surface area contributed by atoms with Crippen LogP contribution in [-0.4, -0.2) is 89.2 Å². The molecule has 64 heavy (non-hydrogen) atoms. The lowest BCUT2D eigenvalue weighted by molar-refractivity contribution is 0.439. The lowest BCUT2D eigenvalue weighted by Gasteiger charge is -2.21. The number of fused-ring (bicyclic) bond motifs is 8. The zero-order valence-electron chi connectivity index (χ0n) is 77.8. The first-order valence-electron chi connectivity index (χ1n) is 42.2. The number of halogens is 4. The van der Waals surface area contributed by atoms with Crippen LogP contribution in [0.1, 0.15) is 105 Å². The predicted octanol–water partition coefficient (Wildman–Crippen LogP) is 12.8. The van der Waals surface area contributed by atoms with Crippen molar-refractivity contribution >= 4 is 56.6 Å². The summed E-state index contributed by atoms with van der Waals surface area (Å²) >= 11 is 11.9. The van der Waals surface area contributed by atoms with Crippen LogP contribution in [-0.2, 0) is 12.8 Å². The second kappa shape index (κ2) is 17.6. The Morgan fingerprint density at radius 1 is 0.922 bits per heavy atom. The Balaban J connectivity index is -0.0000000906. The van der Waals surface area contributed by atoms with Gasteiger partial charge >= 0.3 is 6.01 Å². The summed E-state index contributed by atoms with van der Waals surface area (Å²) < 4.78 is 244. The highest BCUT2D eigenvalue weighted by Gasteiger charge is 2.54. The summed E-state index contributed by atoms with van der Waals surface area (Å²) in [6, 6.07) is 6.48. The molecule has 4 fully saturated rings. The van der Waals surface area contributed by atoms with E-state index in [9.17, 15) is 8.78 Å². The van der Waals surface area contributed by atoms with Crippen LogP contribution in [0.4, 0.5) is 20.3 Å². The molecule has 12 rings (SSSR count). The number of hydrogen-bond acceptors (Lipinski definition) is 14. The molecular weight excluding hydrogens is 863 g/mol. The maximum absolute atomic E-state index is 14.4. The molecule has 0 spiro atoms. The lowest BCUT2D eigenvalue weighted by atomic mass is 10.1. The third-order valence-corrected chi connectivity index (χ3v) is 13.2. The second-order valence-corrected chi connectivity index (χ2v) is 17.4. The normalized spacial score (nSPS) is 24.2. The van der Waals surface area contributed by atoms with E-state index >= 15 is 0 Å². The van der Waals surface area contributed by atoms with E-state index in [1.807, 2.05) is 13.8 Å². The number of hydrogen-bond donors (Lipinski definition) is 5. The SMILES string of the molecule is CC1[C@H]2CNC[C@@H]12.CCc1cc(F)cc2c1[nH]c1nc(Oc3cnc(C)nc3)nc(N3C[C@@H]4C(N)[C@@H]4C3)c12.CNc1cc(F)cc2c1Cc1nc(Cl)nc(Cl)c1-2.Cc1ncc(O)cn1.[2H][2H].[2H][2H].[2H][2H].[2H][2H].[2H][2H].[2H][2H].[2H][2H].[2H][2H].[2H][2H].[2H][2H].[2H][2H].[2H][2H].[2H][2H].[2H][2H].[2H][2H].[2H][2H].[2H][2H].[2H][2H].[2H][2H].[2H][2H].[2H][2H]. The number of rotatable bonds is 5. The molecule has 2 unspecified atom stereocenters. The van der Waals surface area contributed by atoms with Gasteiger partial charge in [0.15, 0.2) is 11.5 Å². The van der Waals surface area contributed by atoms with Gasteiger partial charge in [0.25, 0.3) is 0 Å². The van der Waals surface area contributed by atoms with Crippen LogP contribution in [0.2, 0.25) is 10.4 Å². The highest BCUT2D eigenvalue weighted by Crippen LogP contribution is 2.49. The Kier molecular flexibility index (Phi) is 6.87. The van der Waals surface area contributed by atoms with E-state index in [0.29, 0.717) is 53.3 Å².